The van der Waals surface area contributed by atoms with Crippen molar-refractivity contribution in [3.8, 4) is 22.8 Å². The van der Waals surface area contributed by atoms with E-state index in [-0.39, 0.29) is 12.4 Å². The van der Waals surface area contributed by atoms with E-state index in [0.717, 1.165) is 22.2 Å². The van der Waals surface area contributed by atoms with E-state index in [1.54, 1.807) is 46.9 Å². The molecular weight excluding hydrogens is 683 g/mol. The second-order valence-corrected chi connectivity index (χ2v) is 15.1. The summed E-state index contributed by atoms with van der Waals surface area (Å²) in [7, 11) is -1.84. The molecule has 236 valence electrons. The summed E-state index contributed by atoms with van der Waals surface area (Å²) in [6.45, 7) is 6.84. The zero-order valence-corrected chi connectivity index (χ0v) is 28.5. The first-order valence-corrected chi connectivity index (χ1v) is 17.3. The summed E-state index contributed by atoms with van der Waals surface area (Å²) in [5, 5.41) is 6.09. The molecule has 2 atom stereocenters. The molecule has 5 aromatic rings. The van der Waals surface area contributed by atoms with Crippen LogP contribution >= 0.6 is 27.3 Å². The van der Waals surface area contributed by atoms with Crippen LogP contribution in [-0.4, -0.2) is 41.2 Å². The molecule has 2 heterocycles. The largest absolute Gasteiger partial charge is 0.496 e. The second-order valence-electron chi connectivity index (χ2n) is 10.5. The number of halogens is 2. The number of aromatic nitrogens is 3. The van der Waals surface area contributed by atoms with Crippen molar-refractivity contribution in [2.24, 2.45) is 0 Å². The highest BCUT2D eigenvalue weighted by molar-refractivity contribution is 9.10. The molecule has 0 aliphatic rings. The molecule has 13 heteroatoms. The maximum atomic E-state index is 13.5. The summed E-state index contributed by atoms with van der Waals surface area (Å²) in [6.07, 6.45) is 0.945. The molecule has 0 fully saturated rings. The molecule has 3 aromatic carbocycles. The van der Waals surface area contributed by atoms with E-state index in [4.69, 9.17) is 19.2 Å². The lowest BCUT2D eigenvalue weighted by molar-refractivity contribution is 0.0499. The Bertz CT molecular complexity index is 1940. The van der Waals surface area contributed by atoms with Gasteiger partial charge in [0.15, 0.2) is 15.3 Å². The standard InChI is InChI=1S/C32H32BrFN4O5S2/c1-18(2)45(39,40)20(4)43-19(3)32-38-28(16-44-32)24-13-25-27(14-30(24)41-5)35-17-36-31(25)37-23-9-10-29(26(33)12-23)42-15-21-7-6-8-22(34)11-21/h6-14,16-20H,15H2,1-5H3,(H,35,36,37). The molecule has 0 saturated heterocycles. The summed E-state index contributed by atoms with van der Waals surface area (Å²) in [5.74, 6) is 1.45. The van der Waals surface area contributed by atoms with Crippen LogP contribution in [0.1, 0.15) is 44.4 Å². The smallest absolute Gasteiger partial charge is 0.179 e. The number of hydrogen-bond donors (Lipinski definition) is 1. The summed E-state index contributed by atoms with van der Waals surface area (Å²) >= 11 is 4.95. The highest BCUT2D eigenvalue weighted by Gasteiger charge is 2.28. The normalized spacial score (nSPS) is 13.2. The Balaban J connectivity index is 1.38. The molecule has 45 heavy (non-hydrogen) atoms. The van der Waals surface area contributed by atoms with Crippen molar-refractivity contribution in [2.45, 2.75) is 51.1 Å². The topological polar surface area (TPSA) is 113 Å². The van der Waals surface area contributed by atoms with E-state index in [1.807, 2.05) is 35.7 Å². The molecule has 0 radical (unpaired) electrons. The van der Waals surface area contributed by atoms with Crippen molar-refractivity contribution >= 4 is 59.5 Å². The van der Waals surface area contributed by atoms with Gasteiger partial charge in [-0.05, 0) is 85.6 Å². The number of benzene rings is 3. The van der Waals surface area contributed by atoms with Gasteiger partial charge >= 0.3 is 0 Å². The van der Waals surface area contributed by atoms with Crippen LogP contribution < -0.4 is 14.8 Å². The minimum atomic E-state index is -3.42. The molecule has 2 unspecified atom stereocenters. The molecule has 5 rings (SSSR count). The van der Waals surface area contributed by atoms with Gasteiger partial charge in [0.05, 0.1) is 28.0 Å². The molecule has 0 amide bonds. The maximum Gasteiger partial charge on any atom is 0.179 e. The van der Waals surface area contributed by atoms with Gasteiger partial charge in [0.2, 0.25) is 0 Å². The first kappa shape index (κ1) is 32.7. The number of thiazole rings is 1. The van der Waals surface area contributed by atoms with Crippen LogP contribution in [0.25, 0.3) is 22.2 Å². The number of rotatable bonds is 12. The fraction of sp³-hybridized carbons (Fsp3) is 0.281. The van der Waals surface area contributed by atoms with Gasteiger partial charge in [-0.1, -0.05) is 12.1 Å². The van der Waals surface area contributed by atoms with Crippen molar-refractivity contribution in [3.05, 3.63) is 87.2 Å². The number of nitrogens with zero attached hydrogens (tertiary/aromatic N) is 3. The van der Waals surface area contributed by atoms with Crippen molar-refractivity contribution in [3.63, 3.8) is 0 Å². The predicted molar refractivity (Wildman–Crippen MR) is 178 cm³/mol. The monoisotopic (exact) mass is 714 g/mol. The van der Waals surface area contributed by atoms with Crippen LogP contribution in [0.5, 0.6) is 11.5 Å². The third kappa shape index (κ3) is 7.43. The van der Waals surface area contributed by atoms with E-state index in [0.29, 0.717) is 38.0 Å². The van der Waals surface area contributed by atoms with Crippen molar-refractivity contribution in [1.82, 2.24) is 15.0 Å². The van der Waals surface area contributed by atoms with Crippen LogP contribution in [0.2, 0.25) is 0 Å². The van der Waals surface area contributed by atoms with E-state index < -0.39 is 26.6 Å². The Hall–Kier alpha value is -3.65. The number of ether oxygens (including phenoxy) is 3. The molecule has 1 N–H and O–H groups in total. The zero-order chi connectivity index (χ0) is 32.3. The lowest BCUT2D eigenvalue weighted by Gasteiger charge is -2.20. The Morgan fingerprint density at radius 2 is 1.82 bits per heavy atom. The Morgan fingerprint density at radius 3 is 2.53 bits per heavy atom. The lowest BCUT2D eigenvalue weighted by Crippen LogP contribution is -2.29. The molecule has 9 nitrogen and oxygen atoms in total. The average Bonchev–Trinajstić information content (AvgIpc) is 3.50. The van der Waals surface area contributed by atoms with Gasteiger partial charge in [-0.2, -0.15) is 0 Å². The second kappa shape index (κ2) is 13.8. The number of sulfone groups is 1. The molecule has 0 aliphatic heterocycles. The fourth-order valence-corrected chi connectivity index (χ4v) is 6.97. The first-order valence-electron chi connectivity index (χ1n) is 14.1. The van der Waals surface area contributed by atoms with Crippen LogP contribution in [0.4, 0.5) is 15.9 Å². The molecule has 0 aliphatic carbocycles. The molecule has 0 saturated carbocycles. The Kier molecular flexibility index (Phi) is 10.0. The molecule has 0 bridgehead atoms. The molecule has 0 spiro atoms. The quantitative estimate of drug-likeness (QED) is 0.137. The molecule has 2 aromatic heterocycles. The Labute approximate surface area is 273 Å². The minimum Gasteiger partial charge on any atom is -0.496 e. The Morgan fingerprint density at radius 1 is 1.02 bits per heavy atom. The highest BCUT2D eigenvalue weighted by Crippen LogP contribution is 2.38. The highest BCUT2D eigenvalue weighted by atomic mass is 79.9. The summed E-state index contributed by atoms with van der Waals surface area (Å²) < 4.78 is 56.7. The summed E-state index contributed by atoms with van der Waals surface area (Å²) in [5.41, 5.74) is 2.57. The van der Waals surface area contributed by atoms with Gasteiger partial charge in [0, 0.05) is 28.1 Å². The number of hydrogen-bond acceptors (Lipinski definition) is 10. The van der Waals surface area contributed by atoms with Crippen molar-refractivity contribution in [2.75, 3.05) is 12.4 Å². The third-order valence-corrected chi connectivity index (χ3v) is 11.1. The number of anilines is 2. The number of methoxy groups -OCH3 is 1. The van der Waals surface area contributed by atoms with Gasteiger partial charge < -0.3 is 19.5 Å². The average molecular weight is 716 g/mol. The van der Waals surface area contributed by atoms with Gasteiger partial charge in [0.1, 0.15) is 47.2 Å². The third-order valence-electron chi connectivity index (χ3n) is 7.10. The van der Waals surface area contributed by atoms with Crippen molar-refractivity contribution < 1.29 is 27.0 Å². The van der Waals surface area contributed by atoms with Crippen LogP contribution in [0.15, 0.2) is 70.8 Å². The molecular formula is C32H32BrFN4O5S2. The maximum absolute atomic E-state index is 13.5. The van der Waals surface area contributed by atoms with E-state index in [9.17, 15) is 12.8 Å². The minimum absolute atomic E-state index is 0.226. The van der Waals surface area contributed by atoms with Crippen LogP contribution in [-0.2, 0) is 21.2 Å². The number of nitrogens with one attached hydrogen (secondary N) is 1. The van der Waals surface area contributed by atoms with Crippen LogP contribution in [0, 0.1) is 5.82 Å². The predicted octanol–water partition coefficient (Wildman–Crippen LogP) is 8.23. The van der Waals surface area contributed by atoms with Gasteiger partial charge in [-0.3, -0.25) is 0 Å². The van der Waals surface area contributed by atoms with Gasteiger partial charge in [-0.25, -0.2) is 27.8 Å². The first-order chi connectivity index (χ1) is 21.5. The van der Waals surface area contributed by atoms with E-state index in [2.05, 4.69) is 31.2 Å². The lowest BCUT2D eigenvalue weighted by atomic mass is 10.1. The van der Waals surface area contributed by atoms with Gasteiger partial charge in [0.25, 0.3) is 0 Å². The van der Waals surface area contributed by atoms with Crippen LogP contribution in [0.3, 0.4) is 0 Å². The SMILES string of the molecule is COc1cc2ncnc(Nc3ccc(OCc4cccc(F)c4)c(Br)c3)c2cc1-c1csc(C(C)OC(C)S(=O)(=O)C(C)C)n1. The zero-order valence-electron chi connectivity index (χ0n) is 25.2. The number of fused-ring (bicyclic) bond motifs is 1. The van der Waals surface area contributed by atoms with E-state index >= 15 is 0 Å². The summed E-state index contributed by atoms with van der Waals surface area (Å²) in [6, 6.07) is 15.6. The van der Waals surface area contributed by atoms with Gasteiger partial charge in [-0.15, -0.1) is 11.3 Å². The van der Waals surface area contributed by atoms with Crippen molar-refractivity contribution in [1.29, 1.82) is 0 Å². The fourth-order valence-electron chi connectivity index (χ4n) is 4.58. The van der Waals surface area contributed by atoms with E-state index in [1.165, 1.54) is 29.8 Å². The summed E-state index contributed by atoms with van der Waals surface area (Å²) in [4.78, 5) is 13.7.